The molecule has 1 atom stereocenters. The summed E-state index contributed by atoms with van der Waals surface area (Å²) in [4.78, 5) is 22.7. The Balaban J connectivity index is 1.73. The summed E-state index contributed by atoms with van der Waals surface area (Å²) in [5.41, 5.74) is 8.70. The van der Waals surface area contributed by atoms with Crippen molar-refractivity contribution in [3.63, 3.8) is 0 Å². The fourth-order valence-corrected chi connectivity index (χ4v) is 2.65. The van der Waals surface area contributed by atoms with Crippen molar-refractivity contribution < 1.29 is 9.53 Å². The molecule has 2 aromatic rings. The molecule has 1 aromatic carbocycles. The highest BCUT2D eigenvalue weighted by Crippen LogP contribution is 2.21. The van der Waals surface area contributed by atoms with E-state index in [4.69, 9.17) is 10.5 Å². The van der Waals surface area contributed by atoms with Gasteiger partial charge in [-0.15, -0.1) is 0 Å². The molecule has 2 N–H and O–H groups in total. The minimum absolute atomic E-state index is 0.0558. The molecule has 6 nitrogen and oxygen atoms in total. The lowest BCUT2D eigenvalue weighted by Crippen LogP contribution is -2.39. The zero-order valence-corrected chi connectivity index (χ0v) is 13.3. The monoisotopic (exact) mass is 312 g/mol. The molecule has 0 saturated carbocycles. The number of rotatable bonds is 4. The van der Waals surface area contributed by atoms with Gasteiger partial charge in [-0.2, -0.15) is 0 Å². The Labute approximate surface area is 135 Å². The SMILES string of the molecule is COc1ccc(Cc2ncc3c(n2)CN(C(=O)[C@H](C)N)C3)cc1. The van der Waals surface area contributed by atoms with Gasteiger partial charge in [0.2, 0.25) is 5.91 Å². The highest BCUT2D eigenvalue weighted by molar-refractivity contribution is 5.81. The van der Waals surface area contributed by atoms with E-state index >= 15 is 0 Å². The van der Waals surface area contributed by atoms with Crippen LogP contribution in [0, 0.1) is 0 Å². The van der Waals surface area contributed by atoms with Gasteiger partial charge in [0, 0.05) is 24.7 Å². The Kier molecular flexibility index (Phi) is 4.25. The predicted molar refractivity (Wildman–Crippen MR) is 85.7 cm³/mol. The minimum Gasteiger partial charge on any atom is -0.497 e. The van der Waals surface area contributed by atoms with Crippen molar-refractivity contribution in [2.75, 3.05) is 7.11 Å². The summed E-state index contributed by atoms with van der Waals surface area (Å²) < 4.78 is 5.15. The normalized spacial score (nSPS) is 14.5. The molecule has 0 bridgehead atoms. The summed E-state index contributed by atoms with van der Waals surface area (Å²) in [6.07, 6.45) is 2.47. The van der Waals surface area contributed by atoms with Gasteiger partial charge >= 0.3 is 0 Å². The van der Waals surface area contributed by atoms with Crippen LogP contribution in [0.5, 0.6) is 5.75 Å². The molecule has 1 aliphatic heterocycles. The second-order valence-electron chi connectivity index (χ2n) is 5.77. The molecule has 23 heavy (non-hydrogen) atoms. The van der Waals surface area contributed by atoms with Crippen molar-refractivity contribution in [3.8, 4) is 5.75 Å². The lowest BCUT2D eigenvalue weighted by Gasteiger charge is -2.16. The molecule has 0 fully saturated rings. The molecule has 120 valence electrons. The van der Waals surface area contributed by atoms with E-state index in [0.717, 1.165) is 28.4 Å². The van der Waals surface area contributed by atoms with Gasteiger partial charge < -0.3 is 15.4 Å². The number of fused-ring (bicyclic) bond motifs is 1. The van der Waals surface area contributed by atoms with Gasteiger partial charge in [-0.1, -0.05) is 12.1 Å². The number of amides is 1. The number of carbonyl (C=O) groups excluding carboxylic acids is 1. The second-order valence-corrected chi connectivity index (χ2v) is 5.77. The van der Waals surface area contributed by atoms with Crippen LogP contribution in [-0.4, -0.2) is 33.9 Å². The molecule has 1 aromatic heterocycles. The van der Waals surface area contributed by atoms with E-state index in [0.29, 0.717) is 19.5 Å². The summed E-state index contributed by atoms with van der Waals surface area (Å²) in [5.74, 6) is 1.53. The maximum atomic E-state index is 12.0. The Morgan fingerprint density at radius 2 is 2.09 bits per heavy atom. The third-order valence-electron chi connectivity index (χ3n) is 3.93. The molecule has 0 aliphatic carbocycles. The average Bonchev–Trinajstić information content (AvgIpc) is 2.98. The Hall–Kier alpha value is -2.47. The maximum Gasteiger partial charge on any atom is 0.239 e. The van der Waals surface area contributed by atoms with Crippen LogP contribution < -0.4 is 10.5 Å². The van der Waals surface area contributed by atoms with E-state index in [1.807, 2.05) is 30.5 Å². The molecule has 3 rings (SSSR count). The Morgan fingerprint density at radius 1 is 1.35 bits per heavy atom. The Morgan fingerprint density at radius 3 is 2.74 bits per heavy atom. The van der Waals surface area contributed by atoms with Gasteiger partial charge in [-0.3, -0.25) is 4.79 Å². The van der Waals surface area contributed by atoms with E-state index in [1.165, 1.54) is 0 Å². The molecular formula is C17H20N4O2. The molecule has 0 unspecified atom stereocenters. The first-order valence-electron chi connectivity index (χ1n) is 7.58. The number of hydrogen-bond acceptors (Lipinski definition) is 5. The Bertz CT molecular complexity index is 713. The van der Waals surface area contributed by atoms with Gasteiger partial charge in [-0.05, 0) is 24.6 Å². The number of hydrogen-bond donors (Lipinski definition) is 1. The number of nitrogens with zero attached hydrogens (tertiary/aromatic N) is 3. The number of aromatic nitrogens is 2. The topological polar surface area (TPSA) is 81.3 Å². The number of carbonyl (C=O) groups is 1. The smallest absolute Gasteiger partial charge is 0.239 e. The van der Waals surface area contributed by atoms with Crippen LogP contribution in [0.4, 0.5) is 0 Å². The van der Waals surface area contributed by atoms with Crippen LogP contribution in [0.1, 0.15) is 29.6 Å². The number of nitrogens with two attached hydrogens (primary N) is 1. The van der Waals surface area contributed by atoms with Gasteiger partial charge in [-0.25, -0.2) is 9.97 Å². The first-order valence-corrected chi connectivity index (χ1v) is 7.58. The third-order valence-corrected chi connectivity index (χ3v) is 3.93. The molecular weight excluding hydrogens is 292 g/mol. The van der Waals surface area contributed by atoms with Gasteiger partial charge in [0.1, 0.15) is 11.6 Å². The molecule has 0 spiro atoms. The first kappa shape index (κ1) is 15.4. The zero-order valence-electron chi connectivity index (χ0n) is 13.3. The van der Waals surface area contributed by atoms with Gasteiger partial charge in [0.25, 0.3) is 0 Å². The number of methoxy groups -OCH3 is 1. The lowest BCUT2D eigenvalue weighted by molar-refractivity contribution is -0.132. The van der Waals surface area contributed by atoms with Crippen molar-refractivity contribution in [2.24, 2.45) is 5.73 Å². The second kappa shape index (κ2) is 6.34. The standard InChI is InChI=1S/C17H20N4O2/c1-11(18)17(22)21-9-13-8-19-16(20-15(13)10-21)7-12-3-5-14(23-2)6-4-12/h3-6,8,11H,7,9-10,18H2,1-2H3/t11-/m0/s1. The molecule has 0 saturated heterocycles. The van der Waals surface area contributed by atoms with E-state index in [2.05, 4.69) is 9.97 Å². The predicted octanol–water partition coefficient (Wildman–Crippen LogP) is 1.27. The van der Waals surface area contributed by atoms with Gasteiger partial charge in [0.15, 0.2) is 0 Å². The molecule has 6 heteroatoms. The van der Waals surface area contributed by atoms with E-state index in [-0.39, 0.29) is 5.91 Å². The van der Waals surface area contributed by atoms with Crippen molar-refractivity contribution in [2.45, 2.75) is 32.5 Å². The van der Waals surface area contributed by atoms with Crippen LogP contribution in [0.3, 0.4) is 0 Å². The third kappa shape index (κ3) is 3.32. The highest BCUT2D eigenvalue weighted by atomic mass is 16.5. The lowest BCUT2D eigenvalue weighted by atomic mass is 10.1. The van der Waals surface area contributed by atoms with Crippen molar-refractivity contribution in [3.05, 3.63) is 53.1 Å². The van der Waals surface area contributed by atoms with Gasteiger partial charge in [0.05, 0.1) is 25.4 Å². The van der Waals surface area contributed by atoms with Crippen LogP contribution in [0.15, 0.2) is 30.5 Å². The summed E-state index contributed by atoms with van der Waals surface area (Å²) in [7, 11) is 1.65. The first-order chi connectivity index (χ1) is 11.1. The molecule has 1 aliphatic rings. The maximum absolute atomic E-state index is 12.0. The van der Waals surface area contributed by atoms with Crippen LogP contribution in [0.25, 0.3) is 0 Å². The largest absolute Gasteiger partial charge is 0.497 e. The molecule has 0 radical (unpaired) electrons. The van der Waals surface area contributed by atoms with Crippen molar-refractivity contribution in [1.29, 1.82) is 0 Å². The molecule has 1 amide bonds. The summed E-state index contributed by atoms with van der Waals surface area (Å²) in [6.45, 7) is 2.75. The highest BCUT2D eigenvalue weighted by Gasteiger charge is 2.26. The zero-order chi connectivity index (χ0) is 16.4. The van der Waals surface area contributed by atoms with Crippen molar-refractivity contribution in [1.82, 2.24) is 14.9 Å². The van der Waals surface area contributed by atoms with E-state index in [1.54, 1.807) is 18.9 Å². The number of benzene rings is 1. The van der Waals surface area contributed by atoms with E-state index in [9.17, 15) is 4.79 Å². The number of ether oxygens (including phenoxy) is 1. The summed E-state index contributed by atoms with van der Waals surface area (Å²) in [6, 6.07) is 7.36. The van der Waals surface area contributed by atoms with Crippen LogP contribution in [0.2, 0.25) is 0 Å². The quantitative estimate of drug-likeness (QED) is 0.919. The van der Waals surface area contributed by atoms with E-state index < -0.39 is 6.04 Å². The summed E-state index contributed by atoms with van der Waals surface area (Å²) in [5, 5.41) is 0. The minimum atomic E-state index is -0.490. The van der Waals surface area contributed by atoms with Crippen molar-refractivity contribution >= 4 is 5.91 Å². The fraction of sp³-hybridized carbons (Fsp3) is 0.353. The van der Waals surface area contributed by atoms with Crippen LogP contribution in [-0.2, 0) is 24.3 Å². The molecule has 2 heterocycles. The summed E-state index contributed by atoms with van der Waals surface area (Å²) >= 11 is 0. The fourth-order valence-electron chi connectivity index (χ4n) is 2.65. The average molecular weight is 312 g/mol. The van der Waals surface area contributed by atoms with Crippen LogP contribution >= 0.6 is 0 Å².